The average molecular weight is 527 g/mol. The van der Waals surface area contributed by atoms with E-state index in [-0.39, 0.29) is 20.6 Å². The number of carbonyl (C=O) groups is 1. The highest BCUT2D eigenvalue weighted by Crippen LogP contribution is 2.28. The highest BCUT2D eigenvalue weighted by molar-refractivity contribution is 7.89. The van der Waals surface area contributed by atoms with Crippen LogP contribution in [0.2, 0.25) is 5.02 Å². The minimum atomic E-state index is -3.79. The summed E-state index contributed by atoms with van der Waals surface area (Å²) in [4.78, 5) is 19.2. The van der Waals surface area contributed by atoms with Gasteiger partial charge in [0.1, 0.15) is 0 Å². The Bertz CT molecular complexity index is 1330. The van der Waals surface area contributed by atoms with Gasteiger partial charge in [-0.25, -0.2) is 22.2 Å². The first-order valence-electron chi connectivity index (χ1n) is 10.4. The molecule has 1 aliphatic rings. The highest BCUT2D eigenvalue weighted by atomic mass is 35.5. The summed E-state index contributed by atoms with van der Waals surface area (Å²) in [6.07, 6.45) is 0. The SMILES string of the molecule is CCN1CCN(S(=O)(=O)c2ccc(Cl)c(C(=O)Nc3nc(-c4ccc(F)c(F)c4)cs3)c2)CC1. The van der Waals surface area contributed by atoms with Gasteiger partial charge >= 0.3 is 0 Å². The molecule has 0 bridgehead atoms. The summed E-state index contributed by atoms with van der Waals surface area (Å²) >= 11 is 7.28. The van der Waals surface area contributed by atoms with Crippen molar-refractivity contribution in [1.29, 1.82) is 0 Å². The molecule has 1 aliphatic heterocycles. The molecule has 1 N–H and O–H groups in total. The van der Waals surface area contributed by atoms with E-state index in [2.05, 4.69) is 15.2 Å². The number of hydrogen-bond donors (Lipinski definition) is 1. The van der Waals surface area contributed by atoms with Crippen molar-refractivity contribution in [2.45, 2.75) is 11.8 Å². The maximum absolute atomic E-state index is 13.5. The van der Waals surface area contributed by atoms with Crippen molar-refractivity contribution in [3.05, 3.63) is 64.0 Å². The zero-order valence-electron chi connectivity index (χ0n) is 18.1. The van der Waals surface area contributed by atoms with Crippen LogP contribution in [-0.2, 0) is 10.0 Å². The first-order chi connectivity index (χ1) is 16.2. The Hall–Kier alpha value is -2.44. The van der Waals surface area contributed by atoms with Crippen LogP contribution >= 0.6 is 22.9 Å². The lowest BCUT2D eigenvalue weighted by molar-refractivity contribution is 0.102. The molecule has 1 saturated heterocycles. The third-order valence-electron chi connectivity index (χ3n) is 5.54. The van der Waals surface area contributed by atoms with E-state index in [1.807, 2.05) is 6.92 Å². The molecule has 0 aliphatic carbocycles. The number of likely N-dealkylation sites (N-methyl/N-ethyl adjacent to an activating group) is 1. The predicted molar refractivity (Wildman–Crippen MR) is 128 cm³/mol. The number of benzene rings is 2. The van der Waals surface area contributed by atoms with E-state index in [1.165, 1.54) is 28.6 Å². The molecule has 2 aromatic carbocycles. The lowest BCUT2D eigenvalue weighted by atomic mass is 10.2. The van der Waals surface area contributed by atoms with Gasteiger partial charge in [0.25, 0.3) is 5.91 Å². The van der Waals surface area contributed by atoms with E-state index >= 15 is 0 Å². The molecule has 2 heterocycles. The maximum atomic E-state index is 13.5. The van der Waals surface area contributed by atoms with Crippen molar-refractivity contribution >= 4 is 44.0 Å². The number of nitrogens with one attached hydrogen (secondary N) is 1. The lowest BCUT2D eigenvalue weighted by Gasteiger charge is -2.33. The number of hydrogen-bond acceptors (Lipinski definition) is 6. The van der Waals surface area contributed by atoms with Crippen molar-refractivity contribution < 1.29 is 22.0 Å². The number of thiazole rings is 1. The number of aromatic nitrogens is 1. The fraction of sp³-hybridized carbons (Fsp3) is 0.273. The first kappa shape index (κ1) is 24.7. The van der Waals surface area contributed by atoms with Crippen LogP contribution in [0.5, 0.6) is 0 Å². The molecule has 34 heavy (non-hydrogen) atoms. The van der Waals surface area contributed by atoms with Crippen LogP contribution in [0.1, 0.15) is 17.3 Å². The molecule has 7 nitrogen and oxygen atoms in total. The minimum Gasteiger partial charge on any atom is -0.301 e. The number of halogens is 3. The van der Waals surface area contributed by atoms with Gasteiger partial charge in [0.05, 0.1) is 21.2 Å². The second-order valence-electron chi connectivity index (χ2n) is 7.60. The van der Waals surface area contributed by atoms with Crippen molar-refractivity contribution in [3.63, 3.8) is 0 Å². The van der Waals surface area contributed by atoms with E-state index in [4.69, 9.17) is 11.6 Å². The molecule has 3 aromatic rings. The monoisotopic (exact) mass is 526 g/mol. The summed E-state index contributed by atoms with van der Waals surface area (Å²) in [5.41, 5.74) is 0.692. The van der Waals surface area contributed by atoms with Gasteiger partial charge in [-0.3, -0.25) is 10.1 Å². The van der Waals surface area contributed by atoms with Crippen molar-refractivity contribution in [3.8, 4) is 11.3 Å². The lowest BCUT2D eigenvalue weighted by Crippen LogP contribution is -2.48. The average Bonchev–Trinajstić information content (AvgIpc) is 3.29. The topological polar surface area (TPSA) is 82.6 Å². The van der Waals surface area contributed by atoms with Gasteiger partial charge in [0, 0.05) is 37.1 Å². The highest BCUT2D eigenvalue weighted by Gasteiger charge is 2.29. The van der Waals surface area contributed by atoms with Gasteiger partial charge in [-0.05, 0) is 42.9 Å². The second-order valence-corrected chi connectivity index (χ2v) is 10.8. The van der Waals surface area contributed by atoms with E-state index in [1.54, 1.807) is 5.38 Å². The van der Waals surface area contributed by atoms with Gasteiger partial charge < -0.3 is 4.90 Å². The van der Waals surface area contributed by atoms with E-state index in [0.717, 1.165) is 30.0 Å². The van der Waals surface area contributed by atoms with Crippen LogP contribution < -0.4 is 5.32 Å². The summed E-state index contributed by atoms with van der Waals surface area (Å²) in [6.45, 7) is 4.89. The molecular formula is C22H21ClF2N4O3S2. The Morgan fingerprint density at radius 3 is 2.53 bits per heavy atom. The molecule has 4 rings (SSSR count). The number of sulfonamides is 1. The zero-order chi connectivity index (χ0) is 24.5. The van der Waals surface area contributed by atoms with Gasteiger partial charge in [0.15, 0.2) is 16.8 Å². The number of anilines is 1. The number of nitrogens with zero attached hydrogens (tertiary/aromatic N) is 3. The molecule has 1 amide bonds. The Labute approximate surface area is 205 Å². The molecule has 1 aromatic heterocycles. The number of carbonyl (C=O) groups excluding carboxylic acids is 1. The summed E-state index contributed by atoms with van der Waals surface area (Å²) < 4.78 is 54.3. The van der Waals surface area contributed by atoms with Crippen LogP contribution in [0, 0.1) is 11.6 Å². The van der Waals surface area contributed by atoms with Gasteiger partial charge in [-0.1, -0.05) is 18.5 Å². The van der Waals surface area contributed by atoms with E-state index in [9.17, 15) is 22.0 Å². The first-order valence-corrected chi connectivity index (χ1v) is 13.1. The molecule has 12 heteroatoms. The summed E-state index contributed by atoms with van der Waals surface area (Å²) in [7, 11) is -3.79. The van der Waals surface area contributed by atoms with Crippen molar-refractivity contribution in [2.24, 2.45) is 0 Å². The minimum absolute atomic E-state index is 0.0143. The Morgan fingerprint density at radius 2 is 1.85 bits per heavy atom. The van der Waals surface area contributed by atoms with Crippen LogP contribution in [0.4, 0.5) is 13.9 Å². The largest absolute Gasteiger partial charge is 0.301 e. The van der Waals surface area contributed by atoms with Gasteiger partial charge in [0.2, 0.25) is 10.0 Å². The van der Waals surface area contributed by atoms with Crippen LogP contribution in [0.3, 0.4) is 0 Å². The van der Waals surface area contributed by atoms with Crippen LogP contribution in [0.25, 0.3) is 11.3 Å². The maximum Gasteiger partial charge on any atom is 0.259 e. The summed E-state index contributed by atoms with van der Waals surface area (Å²) in [6, 6.07) is 7.40. The normalized spacial score (nSPS) is 15.4. The van der Waals surface area contributed by atoms with Gasteiger partial charge in [-0.15, -0.1) is 11.3 Å². The van der Waals surface area contributed by atoms with Crippen molar-refractivity contribution in [2.75, 3.05) is 38.0 Å². The third kappa shape index (κ3) is 5.13. The zero-order valence-corrected chi connectivity index (χ0v) is 20.5. The fourth-order valence-electron chi connectivity index (χ4n) is 3.56. The summed E-state index contributed by atoms with van der Waals surface area (Å²) in [5.74, 6) is -2.61. The smallest absolute Gasteiger partial charge is 0.259 e. The molecular weight excluding hydrogens is 506 g/mol. The Balaban J connectivity index is 1.52. The second kappa shape index (κ2) is 10.0. The molecule has 1 fully saturated rings. The number of amides is 1. The summed E-state index contributed by atoms with van der Waals surface area (Å²) in [5, 5.41) is 4.46. The van der Waals surface area contributed by atoms with Crippen LogP contribution in [0.15, 0.2) is 46.7 Å². The Morgan fingerprint density at radius 1 is 1.12 bits per heavy atom. The Kier molecular flexibility index (Phi) is 7.29. The molecule has 0 spiro atoms. The van der Waals surface area contributed by atoms with Crippen LogP contribution in [-0.4, -0.2) is 61.2 Å². The number of rotatable bonds is 6. The standard InChI is InChI=1S/C22H21ClF2N4O3S2/c1-2-28-7-9-29(10-8-28)34(31,32)15-4-5-17(23)16(12-15)21(30)27-22-26-20(13-33-22)14-3-6-18(24)19(25)11-14/h3-6,11-13H,2,7-10H2,1H3,(H,26,27,30). The molecule has 0 radical (unpaired) electrons. The fourth-order valence-corrected chi connectivity index (χ4v) is 5.92. The molecule has 0 saturated carbocycles. The van der Waals surface area contributed by atoms with Crippen molar-refractivity contribution in [1.82, 2.24) is 14.2 Å². The molecule has 180 valence electrons. The molecule has 0 atom stereocenters. The van der Waals surface area contributed by atoms with E-state index in [0.29, 0.717) is 37.4 Å². The quantitative estimate of drug-likeness (QED) is 0.517. The number of piperazine rings is 1. The van der Waals surface area contributed by atoms with Gasteiger partial charge in [-0.2, -0.15) is 4.31 Å². The molecule has 0 unspecified atom stereocenters. The predicted octanol–water partition coefficient (Wildman–Crippen LogP) is 4.32. The van der Waals surface area contributed by atoms with E-state index < -0.39 is 27.6 Å². The third-order valence-corrected chi connectivity index (χ3v) is 8.52.